The molecule has 142 valence electrons. The summed E-state index contributed by atoms with van der Waals surface area (Å²) in [6.45, 7) is 0. The summed E-state index contributed by atoms with van der Waals surface area (Å²) >= 11 is 0. The fourth-order valence-corrected chi connectivity index (χ4v) is 2.95. The maximum atomic E-state index is 13.1. The Morgan fingerprint density at radius 1 is 1.07 bits per heavy atom. The van der Waals surface area contributed by atoms with Gasteiger partial charge < -0.3 is 9.84 Å². The first-order valence-electron chi connectivity index (χ1n) is 7.81. The first-order chi connectivity index (χ1) is 12.7. The molecule has 2 amide bonds. The molecule has 0 saturated carbocycles. The quantitative estimate of drug-likeness (QED) is 0.785. The van der Waals surface area contributed by atoms with Crippen molar-refractivity contribution in [3.8, 4) is 0 Å². The Hall–Kier alpha value is -3.10. The van der Waals surface area contributed by atoms with Crippen molar-refractivity contribution in [2.75, 3.05) is 0 Å². The van der Waals surface area contributed by atoms with Gasteiger partial charge in [0.05, 0.1) is 11.6 Å². The Labute approximate surface area is 150 Å². The molecule has 27 heavy (non-hydrogen) atoms. The number of carbonyl (C=O) groups is 2. The lowest BCUT2D eigenvalue weighted by atomic mass is 9.95. The lowest BCUT2D eigenvalue weighted by Crippen LogP contribution is -2.39. The molecule has 2 atom stereocenters. The SMILES string of the molecule is O=C(O)N1C(=O)OC(c2ccc(F)cc2)C1Cc1ccc(C(F)(F)F)cc1. The van der Waals surface area contributed by atoms with Gasteiger partial charge in [0.1, 0.15) is 5.82 Å². The zero-order valence-electron chi connectivity index (χ0n) is 13.6. The van der Waals surface area contributed by atoms with Gasteiger partial charge in [-0.1, -0.05) is 24.3 Å². The van der Waals surface area contributed by atoms with Gasteiger partial charge in [0.15, 0.2) is 6.10 Å². The third kappa shape index (κ3) is 3.86. The van der Waals surface area contributed by atoms with Crippen LogP contribution in [0.2, 0.25) is 0 Å². The van der Waals surface area contributed by atoms with Crippen molar-refractivity contribution in [3.05, 3.63) is 71.0 Å². The van der Waals surface area contributed by atoms with Crippen molar-refractivity contribution < 1.29 is 37.0 Å². The van der Waals surface area contributed by atoms with E-state index in [1.807, 2.05) is 0 Å². The molecule has 0 spiro atoms. The molecule has 5 nitrogen and oxygen atoms in total. The van der Waals surface area contributed by atoms with Gasteiger partial charge >= 0.3 is 18.4 Å². The van der Waals surface area contributed by atoms with Crippen molar-refractivity contribution in [1.82, 2.24) is 4.90 Å². The molecule has 2 aromatic carbocycles. The van der Waals surface area contributed by atoms with Crippen LogP contribution in [-0.4, -0.2) is 28.2 Å². The molecule has 2 aromatic rings. The average Bonchev–Trinajstić information content (AvgIpc) is 2.91. The maximum Gasteiger partial charge on any atom is 0.420 e. The molecule has 9 heteroatoms. The summed E-state index contributed by atoms with van der Waals surface area (Å²) < 4.78 is 56.3. The highest BCUT2D eigenvalue weighted by Gasteiger charge is 2.46. The van der Waals surface area contributed by atoms with Crippen molar-refractivity contribution >= 4 is 12.2 Å². The lowest BCUT2D eigenvalue weighted by Gasteiger charge is -2.21. The molecular weight excluding hydrogens is 370 g/mol. The van der Waals surface area contributed by atoms with Crippen LogP contribution in [0, 0.1) is 5.82 Å². The number of cyclic esters (lactones) is 1. The fourth-order valence-electron chi connectivity index (χ4n) is 2.95. The molecule has 0 bridgehead atoms. The molecule has 2 unspecified atom stereocenters. The summed E-state index contributed by atoms with van der Waals surface area (Å²) in [5.74, 6) is -0.516. The molecular formula is C18H13F4NO4. The van der Waals surface area contributed by atoms with E-state index in [4.69, 9.17) is 4.74 Å². The van der Waals surface area contributed by atoms with Gasteiger partial charge in [0.25, 0.3) is 0 Å². The third-order valence-corrected chi connectivity index (χ3v) is 4.24. The van der Waals surface area contributed by atoms with Crippen LogP contribution in [0.1, 0.15) is 22.8 Å². The number of alkyl halides is 3. The number of amides is 2. The number of ether oxygens (including phenoxy) is 1. The van der Waals surface area contributed by atoms with E-state index in [2.05, 4.69) is 0 Å². The van der Waals surface area contributed by atoms with Gasteiger partial charge in [-0.15, -0.1) is 0 Å². The highest BCUT2D eigenvalue weighted by atomic mass is 19.4. The minimum absolute atomic E-state index is 0.0573. The molecule has 0 radical (unpaired) electrons. The van der Waals surface area contributed by atoms with Crippen LogP contribution in [-0.2, 0) is 17.3 Å². The number of benzene rings is 2. The number of hydrogen-bond donors (Lipinski definition) is 1. The monoisotopic (exact) mass is 383 g/mol. The Morgan fingerprint density at radius 3 is 2.19 bits per heavy atom. The van der Waals surface area contributed by atoms with Crippen LogP contribution in [0.25, 0.3) is 0 Å². The number of hydrogen-bond acceptors (Lipinski definition) is 3. The molecule has 0 aliphatic carbocycles. The molecule has 1 fully saturated rings. The predicted octanol–water partition coefficient (Wildman–Crippen LogP) is 4.63. The number of carboxylic acid groups (broad SMARTS) is 1. The first kappa shape index (κ1) is 18.7. The Bertz CT molecular complexity index is 849. The highest BCUT2D eigenvalue weighted by molar-refractivity contribution is 5.89. The van der Waals surface area contributed by atoms with Crippen molar-refractivity contribution in [2.24, 2.45) is 0 Å². The fraction of sp³-hybridized carbons (Fsp3) is 0.222. The highest BCUT2D eigenvalue weighted by Crippen LogP contribution is 2.35. The second kappa shape index (κ2) is 6.90. The number of rotatable bonds is 3. The molecule has 1 N–H and O–H groups in total. The smallest absolute Gasteiger partial charge is 0.420 e. The van der Waals surface area contributed by atoms with Crippen LogP contribution in [0.4, 0.5) is 27.2 Å². The van der Waals surface area contributed by atoms with Crippen LogP contribution >= 0.6 is 0 Å². The Kier molecular flexibility index (Phi) is 4.77. The van der Waals surface area contributed by atoms with Gasteiger partial charge in [-0.2, -0.15) is 13.2 Å². The standard InChI is InChI=1S/C18H13F4NO4/c19-13-7-3-11(4-8-13)15-14(23(16(24)25)17(26)27-15)9-10-1-5-12(6-2-10)18(20,21)22/h1-8,14-15H,9H2,(H,24,25). The first-order valence-corrected chi connectivity index (χ1v) is 7.81. The number of carbonyl (C=O) groups excluding carboxylic acids is 1. The molecule has 1 saturated heterocycles. The van der Waals surface area contributed by atoms with Crippen molar-refractivity contribution in [3.63, 3.8) is 0 Å². The molecule has 3 rings (SSSR count). The Balaban J connectivity index is 1.91. The summed E-state index contributed by atoms with van der Waals surface area (Å²) in [6, 6.07) is 8.19. The second-order valence-electron chi connectivity index (χ2n) is 5.97. The van der Waals surface area contributed by atoms with Gasteiger partial charge in [0, 0.05) is 0 Å². The molecule has 1 aliphatic rings. The van der Waals surface area contributed by atoms with Gasteiger partial charge in [-0.3, -0.25) is 0 Å². The zero-order chi connectivity index (χ0) is 19.8. The summed E-state index contributed by atoms with van der Waals surface area (Å²) in [5.41, 5.74) is -0.0646. The van der Waals surface area contributed by atoms with E-state index >= 15 is 0 Å². The van der Waals surface area contributed by atoms with Gasteiger partial charge in [-0.25, -0.2) is 18.9 Å². The van der Waals surface area contributed by atoms with E-state index in [1.54, 1.807) is 0 Å². The van der Waals surface area contributed by atoms with E-state index in [0.717, 1.165) is 24.3 Å². The van der Waals surface area contributed by atoms with E-state index in [9.17, 15) is 32.3 Å². The van der Waals surface area contributed by atoms with Gasteiger partial charge in [0.2, 0.25) is 0 Å². The van der Waals surface area contributed by atoms with Crippen molar-refractivity contribution in [2.45, 2.75) is 24.7 Å². The minimum Gasteiger partial charge on any atom is -0.465 e. The maximum absolute atomic E-state index is 13.1. The van der Waals surface area contributed by atoms with Crippen LogP contribution < -0.4 is 0 Å². The topological polar surface area (TPSA) is 66.8 Å². The van der Waals surface area contributed by atoms with Crippen molar-refractivity contribution in [1.29, 1.82) is 0 Å². The van der Waals surface area contributed by atoms with Crippen LogP contribution in [0.15, 0.2) is 48.5 Å². The van der Waals surface area contributed by atoms with Crippen LogP contribution in [0.3, 0.4) is 0 Å². The second-order valence-corrected chi connectivity index (χ2v) is 5.97. The largest absolute Gasteiger partial charge is 0.465 e. The molecule has 1 aliphatic heterocycles. The Morgan fingerprint density at radius 2 is 1.67 bits per heavy atom. The van der Waals surface area contributed by atoms with Gasteiger partial charge in [-0.05, 0) is 41.8 Å². The number of halogens is 4. The average molecular weight is 383 g/mol. The normalized spacial score (nSPS) is 19.9. The minimum atomic E-state index is -4.49. The number of imide groups is 1. The lowest BCUT2D eigenvalue weighted by molar-refractivity contribution is -0.137. The predicted molar refractivity (Wildman–Crippen MR) is 84.4 cm³/mol. The summed E-state index contributed by atoms with van der Waals surface area (Å²) in [5, 5.41) is 9.31. The van der Waals surface area contributed by atoms with E-state index in [0.29, 0.717) is 16.0 Å². The number of nitrogens with zero attached hydrogens (tertiary/aromatic N) is 1. The molecule has 1 heterocycles. The van der Waals surface area contributed by atoms with Crippen LogP contribution in [0.5, 0.6) is 0 Å². The zero-order valence-corrected chi connectivity index (χ0v) is 13.6. The molecule has 0 aromatic heterocycles. The summed E-state index contributed by atoms with van der Waals surface area (Å²) in [6.07, 6.45) is -8.18. The van der Waals surface area contributed by atoms with E-state index in [1.165, 1.54) is 24.3 Å². The van der Waals surface area contributed by atoms with E-state index in [-0.39, 0.29) is 6.42 Å². The third-order valence-electron chi connectivity index (χ3n) is 4.24. The summed E-state index contributed by atoms with van der Waals surface area (Å²) in [7, 11) is 0. The summed E-state index contributed by atoms with van der Waals surface area (Å²) in [4.78, 5) is 23.9. The van der Waals surface area contributed by atoms with E-state index < -0.39 is 41.9 Å².